The Kier molecular flexibility index (Phi) is 5.05. The van der Waals surface area contributed by atoms with E-state index in [1.807, 2.05) is 0 Å². The first kappa shape index (κ1) is 12.5. The van der Waals surface area contributed by atoms with Crippen molar-refractivity contribution < 1.29 is 9.90 Å². The Hall–Kier alpha value is -0.610. The molecule has 15 heavy (non-hydrogen) atoms. The molecule has 4 heteroatoms. The molecule has 1 amide bonds. The van der Waals surface area contributed by atoms with Crippen molar-refractivity contribution in [1.29, 1.82) is 0 Å². The SMILES string of the molecule is NCCCC(=O)NCC1(O)CCCCC1. The molecule has 1 aliphatic carbocycles. The highest BCUT2D eigenvalue weighted by atomic mass is 16.3. The molecule has 4 N–H and O–H groups in total. The van der Waals surface area contributed by atoms with Gasteiger partial charge >= 0.3 is 0 Å². The summed E-state index contributed by atoms with van der Waals surface area (Å²) in [5, 5.41) is 12.9. The lowest BCUT2D eigenvalue weighted by Crippen LogP contribution is -2.44. The van der Waals surface area contributed by atoms with Gasteiger partial charge < -0.3 is 16.2 Å². The number of nitrogens with two attached hydrogens (primary N) is 1. The topological polar surface area (TPSA) is 75.4 Å². The van der Waals surface area contributed by atoms with Crippen molar-refractivity contribution in [2.45, 2.75) is 50.5 Å². The minimum absolute atomic E-state index is 0.000511. The molecule has 0 heterocycles. The fourth-order valence-corrected chi connectivity index (χ4v) is 2.00. The summed E-state index contributed by atoms with van der Waals surface area (Å²) in [6.07, 6.45) is 6.12. The summed E-state index contributed by atoms with van der Waals surface area (Å²) in [6.45, 7) is 0.939. The Morgan fingerprint density at radius 1 is 1.33 bits per heavy atom. The van der Waals surface area contributed by atoms with Gasteiger partial charge in [0.05, 0.1) is 5.60 Å². The molecule has 1 fully saturated rings. The second kappa shape index (κ2) is 6.08. The van der Waals surface area contributed by atoms with E-state index in [-0.39, 0.29) is 5.91 Å². The third kappa shape index (κ3) is 4.62. The van der Waals surface area contributed by atoms with Crippen LogP contribution < -0.4 is 11.1 Å². The number of amides is 1. The van der Waals surface area contributed by atoms with Crippen LogP contribution in [-0.4, -0.2) is 29.7 Å². The Balaban J connectivity index is 2.19. The van der Waals surface area contributed by atoms with Crippen molar-refractivity contribution in [2.24, 2.45) is 5.73 Å². The Labute approximate surface area is 91.2 Å². The molecule has 1 aliphatic rings. The van der Waals surface area contributed by atoms with Gasteiger partial charge in [-0.3, -0.25) is 4.79 Å². The standard InChI is InChI=1S/C11H22N2O2/c12-8-4-5-10(14)13-9-11(15)6-2-1-3-7-11/h15H,1-9,12H2,(H,13,14). The maximum atomic E-state index is 11.3. The van der Waals surface area contributed by atoms with E-state index in [2.05, 4.69) is 5.32 Å². The quantitative estimate of drug-likeness (QED) is 0.625. The molecular weight excluding hydrogens is 192 g/mol. The molecule has 0 aromatic heterocycles. The van der Waals surface area contributed by atoms with Gasteiger partial charge in [0, 0.05) is 13.0 Å². The van der Waals surface area contributed by atoms with E-state index in [4.69, 9.17) is 5.73 Å². The van der Waals surface area contributed by atoms with Crippen LogP contribution in [0, 0.1) is 0 Å². The maximum absolute atomic E-state index is 11.3. The molecule has 1 rings (SSSR count). The maximum Gasteiger partial charge on any atom is 0.220 e. The Morgan fingerprint density at radius 3 is 2.60 bits per heavy atom. The molecule has 4 nitrogen and oxygen atoms in total. The van der Waals surface area contributed by atoms with Crippen LogP contribution in [0.4, 0.5) is 0 Å². The number of rotatable bonds is 5. The highest BCUT2D eigenvalue weighted by molar-refractivity contribution is 5.75. The van der Waals surface area contributed by atoms with Gasteiger partial charge in [-0.1, -0.05) is 19.3 Å². The summed E-state index contributed by atoms with van der Waals surface area (Å²) < 4.78 is 0. The van der Waals surface area contributed by atoms with E-state index < -0.39 is 5.60 Å². The number of hydrogen-bond acceptors (Lipinski definition) is 3. The lowest BCUT2D eigenvalue weighted by molar-refractivity contribution is -0.122. The second-order valence-electron chi connectivity index (χ2n) is 4.45. The minimum atomic E-state index is -0.656. The minimum Gasteiger partial charge on any atom is -0.388 e. The van der Waals surface area contributed by atoms with Crippen molar-refractivity contribution in [3.05, 3.63) is 0 Å². The van der Waals surface area contributed by atoms with Crippen LogP contribution >= 0.6 is 0 Å². The monoisotopic (exact) mass is 214 g/mol. The number of hydrogen-bond donors (Lipinski definition) is 3. The largest absolute Gasteiger partial charge is 0.388 e. The van der Waals surface area contributed by atoms with Crippen LogP contribution in [0.1, 0.15) is 44.9 Å². The van der Waals surface area contributed by atoms with Crippen LogP contribution in [0.2, 0.25) is 0 Å². The van der Waals surface area contributed by atoms with E-state index in [9.17, 15) is 9.90 Å². The van der Waals surface area contributed by atoms with Crippen LogP contribution in [-0.2, 0) is 4.79 Å². The highest BCUT2D eigenvalue weighted by Crippen LogP contribution is 2.27. The fourth-order valence-electron chi connectivity index (χ4n) is 2.00. The molecule has 0 unspecified atom stereocenters. The summed E-state index contributed by atoms with van der Waals surface area (Å²) in [5.74, 6) is -0.000511. The molecule has 0 saturated heterocycles. The molecule has 0 aliphatic heterocycles. The molecule has 1 saturated carbocycles. The first-order chi connectivity index (χ1) is 7.16. The zero-order valence-corrected chi connectivity index (χ0v) is 9.30. The van der Waals surface area contributed by atoms with E-state index in [1.54, 1.807) is 0 Å². The number of nitrogens with one attached hydrogen (secondary N) is 1. The summed E-state index contributed by atoms with van der Waals surface area (Å²) in [4.78, 5) is 11.3. The van der Waals surface area contributed by atoms with Crippen molar-refractivity contribution >= 4 is 5.91 Å². The average Bonchev–Trinajstić information content (AvgIpc) is 2.25. The van der Waals surface area contributed by atoms with Crippen LogP contribution in [0.15, 0.2) is 0 Å². The van der Waals surface area contributed by atoms with Gasteiger partial charge in [0.1, 0.15) is 0 Å². The highest BCUT2D eigenvalue weighted by Gasteiger charge is 2.29. The van der Waals surface area contributed by atoms with Crippen molar-refractivity contribution in [3.8, 4) is 0 Å². The predicted molar refractivity (Wildman–Crippen MR) is 59.3 cm³/mol. The third-order valence-corrected chi connectivity index (χ3v) is 3.01. The molecule has 0 aromatic rings. The molecule has 0 radical (unpaired) electrons. The predicted octanol–water partition coefficient (Wildman–Crippen LogP) is 0.537. The van der Waals surface area contributed by atoms with Crippen LogP contribution in [0.25, 0.3) is 0 Å². The van der Waals surface area contributed by atoms with Gasteiger partial charge in [0.15, 0.2) is 0 Å². The zero-order chi connectivity index (χ0) is 11.1. The number of aliphatic hydroxyl groups is 1. The fraction of sp³-hybridized carbons (Fsp3) is 0.909. The van der Waals surface area contributed by atoms with Gasteiger partial charge in [-0.2, -0.15) is 0 Å². The summed E-state index contributed by atoms with van der Waals surface area (Å²) in [6, 6.07) is 0. The van der Waals surface area contributed by atoms with Gasteiger partial charge in [-0.05, 0) is 25.8 Å². The second-order valence-corrected chi connectivity index (χ2v) is 4.45. The summed E-state index contributed by atoms with van der Waals surface area (Å²) >= 11 is 0. The molecule has 0 bridgehead atoms. The van der Waals surface area contributed by atoms with E-state index in [1.165, 1.54) is 6.42 Å². The van der Waals surface area contributed by atoms with Gasteiger partial charge in [0.25, 0.3) is 0 Å². The zero-order valence-electron chi connectivity index (χ0n) is 9.30. The Bertz CT molecular complexity index is 201. The smallest absolute Gasteiger partial charge is 0.220 e. The van der Waals surface area contributed by atoms with E-state index in [0.29, 0.717) is 25.9 Å². The summed E-state index contributed by atoms with van der Waals surface area (Å²) in [7, 11) is 0. The van der Waals surface area contributed by atoms with Gasteiger partial charge in [0.2, 0.25) is 5.91 Å². The first-order valence-electron chi connectivity index (χ1n) is 5.85. The normalized spacial score (nSPS) is 19.9. The van der Waals surface area contributed by atoms with Crippen LogP contribution in [0.3, 0.4) is 0 Å². The number of carbonyl (C=O) groups excluding carboxylic acids is 1. The molecule has 0 aromatic carbocycles. The van der Waals surface area contributed by atoms with E-state index >= 15 is 0 Å². The Morgan fingerprint density at radius 2 is 2.00 bits per heavy atom. The lowest BCUT2D eigenvalue weighted by Gasteiger charge is -2.32. The summed E-state index contributed by atoms with van der Waals surface area (Å²) in [5.41, 5.74) is 4.66. The molecule has 0 atom stereocenters. The van der Waals surface area contributed by atoms with Gasteiger partial charge in [-0.25, -0.2) is 0 Å². The molecular formula is C11H22N2O2. The van der Waals surface area contributed by atoms with Gasteiger partial charge in [-0.15, -0.1) is 0 Å². The van der Waals surface area contributed by atoms with E-state index in [0.717, 1.165) is 25.7 Å². The van der Waals surface area contributed by atoms with Crippen molar-refractivity contribution in [1.82, 2.24) is 5.32 Å². The molecule has 0 spiro atoms. The van der Waals surface area contributed by atoms with Crippen molar-refractivity contribution in [3.63, 3.8) is 0 Å². The lowest BCUT2D eigenvalue weighted by atomic mass is 9.85. The first-order valence-corrected chi connectivity index (χ1v) is 5.85. The number of carbonyl (C=O) groups is 1. The molecule has 88 valence electrons. The van der Waals surface area contributed by atoms with Crippen LogP contribution in [0.5, 0.6) is 0 Å². The third-order valence-electron chi connectivity index (χ3n) is 3.01. The average molecular weight is 214 g/mol. The van der Waals surface area contributed by atoms with Crippen molar-refractivity contribution in [2.75, 3.05) is 13.1 Å².